The van der Waals surface area contributed by atoms with Gasteiger partial charge in [-0.25, -0.2) is 8.42 Å². The van der Waals surface area contributed by atoms with Crippen molar-refractivity contribution in [3.8, 4) is 6.07 Å². The first kappa shape index (κ1) is 15.3. The molecule has 1 fully saturated rings. The van der Waals surface area contributed by atoms with E-state index in [1.807, 2.05) is 13.0 Å². The highest BCUT2D eigenvalue weighted by molar-refractivity contribution is 7.89. The molecule has 0 atom stereocenters. The van der Waals surface area contributed by atoms with Gasteiger partial charge in [0.2, 0.25) is 10.0 Å². The zero-order chi connectivity index (χ0) is 14.8. The summed E-state index contributed by atoms with van der Waals surface area (Å²) in [6.07, 6.45) is 2.92. The van der Waals surface area contributed by atoms with Crippen LogP contribution in [0.2, 0.25) is 5.02 Å². The normalized spacial score (nSPS) is 15.3. The highest BCUT2D eigenvalue weighted by Crippen LogP contribution is 2.33. The van der Waals surface area contributed by atoms with Crippen LogP contribution in [0.3, 0.4) is 0 Å². The molecular formula is C14H17ClN2O2S. The number of rotatable bonds is 6. The van der Waals surface area contributed by atoms with Crippen molar-refractivity contribution in [2.24, 2.45) is 5.92 Å². The molecule has 0 amide bonds. The molecular weight excluding hydrogens is 296 g/mol. The van der Waals surface area contributed by atoms with Crippen molar-refractivity contribution in [2.45, 2.75) is 31.1 Å². The van der Waals surface area contributed by atoms with Gasteiger partial charge < -0.3 is 0 Å². The number of halogens is 1. The zero-order valence-electron chi connectivity index (χ0n) is 11.3. The summed E-state index contributed by atoms with van der Waals surface area (Å²) < 4.78 is 26.9. The van der Waals surface area contributed by atoms with Crippen LogP contribution in [0.25, 0.3) is 0 Å². The Hall–Kier alpha value is -1.09. The molecule has 1 aromatic rings. The second kappa shape index (κ2) is 6.13. The minimum Gasteiger partial charge on any atom is -0.207 e. The standard InChI is InChI=1S/C14H17ClN2O2S/c1-2-7-17(10-11-3-4-11)20(18,19)14-8-12(9-16)5-6-13(14)15/h5-6,8,11H,2-4,7,10H2,1H3. The Morgan fingerprint density at radius 2 is 2.15 bits per heavy atom. The van der Waals surface area contributed by atoms with Gasteiger partial charge >= 0.3 is 0 Å². The minimum absolute atomic E-state index is 0.0346. The van der Waals surface area contributed by atoms with Crippen LogP contribution in [0, 0.1) is 17.2 Å². The van der Waals surface area contributed by atoms with Crippen molar-refractivity contribution >= 4 is 21.6 Å². The van der Waals surface area contributed by atoms with Crippen molar-refractivity contribution < 1.29 is 8.42 Å². The molecule has 0 radical (unpaired) electrons. The first-order chi connectivity index (χ1) is 9.48. The highest BCUT2D eigenvalue weighted by atomic mass is 35.5. The monoisotopic (exact) mass is 312 g/mol. The predicted molar refractivity (Wildman–Crippen MR) is 77.9 cm³/mol. The highest BCUT2D eigenvalue weighted by Gasteiger charge is 2.32. The van der Waals surface area contributed by atoms with Gasteiger partial charge in [-0.2, -0.15) is 9.57 Å². The summed E-state index contributed by atoms with van der Waals surface area (Å²) in [7, 11) is -3.63. The maximum Gasteiger partial charge on any atom is 0.244 e. The molecule has 20 heavy (non-hydrogen) atoms. The Labute approximate surface area is 125 Å². The lowest BCUT2D eigenvalue weighted by Crippen LogP contribution is -2.33. The van der Waals surface area contributed by atoms with E-state index < -0.39 is 10.0 Å². The van der Waals surface area contributed by atoms with Crippen LogP contribution in [0.1, 0.15) is 31.7 Å². The number of nitrogens with zero attached hydrogens (tertiary/aromatic N) is 2. The van der Waals surface area contributed by atoms with Crippen LogP contribution in [-0.2, 0) is 10.0 Å². The van der Waals surface area contributed by atoms with E-state index in [1.165, 1.54) is 22.5 Å². The lowest BCUT2D eigenvalue weighted by molar-refractivity contribution is 0.395. The number of hydrogen-bond donors (Lipinski definition) is 0. The fourth-order valence-corrected chi connectivity index (χ4v) is 4.17. The van der Waals surface area contributed by atoms with Crippen molar-refractivity contribution in [1.82, 2.24) is 4.31 Å². The molecule has 0 spiro atoms. The van der Waals surface area contributed by atoms with E-state index in [0.717, 1.165) is 19.3 Å². The third-order valence-corrected chi connectivity index (χ3v) is 5.66. The number of sulfonamides is 1. The van der Waals surface area contributed by atoms with Crippen LogP contribution in [0.4, 0.5) is 0 Å². The smallest absolute Gasteiger partial charge is 0.207 e. The summed E-state index contributed by atoms with van der Waals surface area (Å²) in [5.41, 5.74) is 0.302. The van der Waals surface area contributed by atoms with Gasteiger partial charge in [-0.3, -0.25) is 0 Å². The van der Waals surface area contributed by atoms with E-state index in [4.69, 9.17) is 16.9 Å². The average molecular weight is 313 g/mol. The molecule has 6 heteroatoms. The second-order valence-corrected chi connectivity index (χ2v) is 7.38. The SMILES string of the molecule is CCCN(CC1CC1)S(=O)(=O)c1cc(C#N)ccc1Cl. The lowest BCUT2D eigenvalue weighted by Gasteiger charge is -2.22. The van der Waals surface area contributed by atoms with Gasteiger partial charge in [-0.15, -0.1) is 0 Å². The van der Waals surface area contributed by atoms with Gasteiger partial charge in [-0.05, 0) is 43.4 Å². The van der Waals surface area contributed by atoms with Crippen molar-refractivity contribution in [2.75, 3.05) is 13.1 Å². The van der Waals surface area contributed by atoms with E-state index in [0.29, 0.717) is 24.6 Å². The number of benzene rings is 1. The number of hydrogen-bond acceptors (Lipinski definition) is 3. The van der Waals surface area contributed by atoms with Crippen LogP contribution in [-0.4, -0.2) is 25.8 Å². The third kappa shape index (κ3) is 3.32. The first-order valence-corrected chi connectivity index (χ1v) is 8.50. The zero-order valence-corrected chi connectivity index (χ0v) is 12.9. The van der Waals surface area contributed by atoms with E-state index in [-0.39, 0.29) is 9.92 Å². The fourth-order valence-electron chi connectivity index (χ4n) is 2.06. The van der Waals surface area contributed by atoms with Gasteiger partial charge in [0.15, 0.2) is 0 Å². The molecule has 0 saturated heterocycles. The largest absolute Gasteiger partial charge is 0.244 e. The number of nitriles is 1. The molecule has 0 heterocycles. The average Bonchev–Trinajstić information content (AvgIpc) is 3.22. The minimum atomic E-state index is -3.63. The first-order valence-electron chi connectivity index (χ1n) is 6.68. The summed E-state index contributed by atoms with van der Waals surface area (Å²) in [6.45, 7) is 2.97. The van der Waals surface area contributed by atoms with Crippen molar-refractivity contribution in [3.05, 3.63) is 28.8 Å². The van der Waals surface area contributed by atoms with Crippen molar-refractivity contribution in [3.63, 3.8) is 0 Å². The quantitative estimate of drug-likeness (QED) is 0.811. The van der Waals surface area contributed by atoms with Crippen LogP contribution in [0.15, 0.2) is 23.1 Å². The topological polar surface area (TPSA) is 61.2 Å². The van der Waals surface area contributed by atoms with Gasteiger partial charge in [0.1, 0.15) is 4.90 Å². The fraction of sp³-hybridized carbons (Fsp3) is 0.500. The Balaban J connectivity index is 2.38. The van der Waals surface area contributed by atoms with Gasteiger partial charge in [0.05, 0.1) is 16.7 Å². The third-order valence-electron chi connectivity index (χ3n) is 3.31. The summed E-state index contributed by atoms with van der Waals surface area (Å²) in [5, 5.41) is 9.08. The van der Waals surface area contributed by atoms with E-state index >= 15 is 0 Å². The lowest BCUT2D eigenvalue weighted by atomic mass is 10.2. The molecule has 0 aliphatic heterocycles. The summed E-state index contributed by atoms with van der Waals surface area (Å²) in [5.74, 6) is 0.467. The molecule has 1 aliphatic carbocycles. The molecule has 1 aliphatic rings. The predicted octanol–water partition coefficient (Wildman–Crippen LogP) is 3.02. The van der Waals surface area contributed by atoms with Crippen LogP contribution >= 0.6 is 11.6 Å². The van der Waals surface area contributed by atoms with Gasteiger partial charge in [0.25, 0.3) is 0 Å². The Morgan fingerprint density at radius 3 is 2.70 bits per heavy atom. The molecule has 0 unspecified atom stereocenters. The summed E-state index contributed by atoms with van der Waals surface area (Å²) in [4.78, 5) is 0.0346. The maximum atomic E-state index is 12.7. The summed E-state index contributed by atoms with van der Waals surface area (Å²) in [6, 6.07) is 6.29. The Morgan fingerprint density at radius 1 is 1.45 bits per heavy atom. The van der Waals surface area contributed by atoms with Crippen LogP contribution < -0.4 is 0 Å². The van der Waals surface area contributed by atoms with E-state index in [2.05, 4.69) is 0 Å². The molecule has 0 aromatic heterocycles. The molecule has 2 rings (SSSR count). The molecule has 1 saturated carbocycles. The molecule has 0 N–H and O–H groups in total. The molecule has 4 nitrogen and oxygen atoms in total. The maximum absolute atomic E-state index is 12.7. The second-order valence-electron chi connectivity index (χ2n) is 5.06. The van der Waals surface area contributed by atoms with Crippen molar-refractivity contribution in [1.29, 1.82) is 5.26 Å². The summed E-state index contributed by atoms with van der Waals surface area (Å²) >= 11 is 6.02. The Bertz CT molecular complexity index is 633. The molecule has 1 aromatic carbocycles. The Kier molecular flexibility index (Phi) is 4.69. The molecule has 108 valence electrons. The van der Waals surface area contributed by atoms with E-state index in [9.17, 15) is 8.42 Å². The van der Waals surface area contributed by atoms with Gasteiger partial charge in [-0.1, -0.05) is 18.5 Å². The van der Waals surface area contributed by atoms with Crippen LogP contribution in [0.5, 0.6) is 0 Å². The molecule has 0 bridgehead atoms. The van der Waals surface area contributed by atoms with Gasteiger partial charge in [0, 0.05) is 13.1 Å². The van der Waals surface area contributed by atoms with E-state index in [1.54, 1.807) is 0 Å².